The van der Waals surface area contributed by atoms with Gasteiger partial charge in [0, 0.05) is 19.5 Å². The molecule has 7 heteroatoms. The Morgan fingerprint density at radius 3 is 2.81 bits per heavy atom. The third-order valence-electron chi connectivity index (χ3n) is 2.04. The Balaban J connectivity index is 2.78. The fraction of sp³-hybridized carbons (Fsp3) is 0.556. The lowest BCUT2D eigenvalue weighted by Crippen LogP contribution is -2.37. The maximum absolute atomic E-state index is 12.3. The Morgan fingerprint density at radius 1 is 1.69 bits per heavy atom. The van der Waals surface area contributed by atoms with Crippen LogP contribution in [-0.2, 0) is 7.05 Å². The first-order valence-electron chi connectivity index (χ1n) is 4.66. The van der Waals surface area contributed by atoms with Crippen LogP contribution >= 0.6 is 11.6 Å². The first-order valence-corrected chi connectivity index (χ1v) is 5.19. The van der Waals surface area contributed by atoms with E-state index in [1.54, 1.807) is 7.05 Å². The summed E-state index contributed by atoms with van der Waals surface area (Å²) in [5.41, 5.74) is 0.269. The minimum atomic E-state index is -2.57. The van der Waals surface area contributed by atoms with Crippen molar-refractivity contribution in [1.29, 1.82) is 0 Å². The van der Waals surface area contributed by atoms with Crippen LogP contribution in [0.1, 0.15) is 10.5 Å². The van der Waals surface area contributed by atoms with Gasteiger partial charge in [-0.1, -0.05) is 0 Å². The lowest BCUT2D eigenvalue weighted by molar-refractivity contribution is 0.0563. The Kier molecular flexibility index (Phi) is 4.67. The molecule has 1 amide bonds. The van der Waals surface area contributed by atoms with E-state index in [1.165, 1.54) is 17.1 Å². The van der Waals surface area contributed by atoms with Gasteiger partial charge >= 0.3 is 0 Å². The third kappa shape index (κ3) is 3.16. The number of amides is 1. The SMILES string of the molecule is Cn1cncc1C(=O)N(CCCl)CC(F)F. The van der Waals surface area contributed by atoms with Crippen molar-refractivity contribution in [2.24, 2.45) is 7.05 Å². The molecule has 1 aromatic rings. The summed E-state index contributed by atoms with van der Waals surface area (Å²) in [6, 6.07) is 0. The van der Waals surface area contributed by atoms with Crippen molar-refractivity contribution in [3.05, 3.63) is 18.2 Å². The number of halogens is 3. The van der Waals surface area contributed by atoms with Crippen molar-refractivity contribution in [3.8, 4) is 0 Å². The number of aromatic nitrogens is 2. The third-order valence-corrected chi connectivity index (χ3v) is 2.20. The highest BCUT2D eigenvalue weighted by molar-refractivity contribution is 6.18. The summed E-state index contributed by atoms with van der Waals surface area (Å²) in [6.07, 6.45) is 0.212. The number of carbonyl (C=O) groups is 1. The number of rotatable bonds is 5. The molecular formula is C9H12ClF2N3O. The molecule has 0 aromatic carbocycles. The summed E-state index contributed by atoms with van der Waals surface area (Å²) < 4.78 is 26.0. The molecule has 0 radical (unpaired) electrons. The number of hydrogen-bond acceptors (Lipinski definition) is 2. The van der Waals surface area contributed by atoms with Crippen molar-refractivity contribution < 1.29 is 13.6 Å². The van der Waals surface area contributed by atoms with E-state index < -0.39 is 18.9 Å². The summed E-state index contributed by atoms with van der Waals surface area (Å²) in [6.45, 7) is -0.521. The van der Waals surface area contributed by atoms with E-state index in [-0.39, 0.29) is 18.1 Å². The van der Waals surface area contributed by atoms with Crippen LogP contribution in [0.2, 0.25) is 0 Å². The van der Waals surface area contributed by atoms with Crippen molar-refractivity contribution >= 4 is 17.5 Å². The van der Waals surface area contributed by atoms with Gasteiger partial charge in [0.15, 0.2) is 0 Å². The molecule has 0 aliphatic carbocycles. The van der Waals surface area contributed by atoms with Gasteiger partial charge in [-0.2, -0.15) is 0 Å². The molecule has 0 N–H and O–H groups in total. The highest BCUT2D eigenvalue weighted by atomic mass is 35.5. The second-order valence-corrected chi connectivity index (χ2v) is 3.60. The van der Waals surface area contributed by atoms with Crippen LogP contribution in [0.4, 0.5) is 8.78 Å². The Labute approximate surface area is 96.8 Å². The molecule has 1 aromatic heterocycles. The normalized spacial score (nSPS) is 10.8. The van der Waals surface area contributed by atoms with Gasteiger partial charge in [-0.25, -0.2) is 13.8 Å². The predicted octanol–water partition coefficient (Wildman–Crippen LogP) is 1.37. The van der Waals surface area contributed by atoms with Crippen LogP contribution in [0, 0.1) is 0 Å². The van der Waals surface area contributed by atoms with Crippen molar-refractivity contribution in [2.75, 3.05) is 19.0 Å². The highest BCUT2D eigenvalue weighted by Crippen LogP contribution is 2.06. The highest BCUT2D eigenvalue weighted by Gasteiger charge is 2.21. The van der Waals surface area contributed by atoms with E-state index in [9.17, 15) is 13.6 Å². The summed E-state index contributed by atoms with van der Waals surface area (Å²) in [5, 5.41) is 0. The molecule has 4 nitrogen and oxygen atoms in total. The molecule has 0 fully saturated rings. The molecule has 1 heterocycles. The summed E-state index contributed by atoms with van der Waals surface area (Å²) in [5.74, 6) is -0.364. The number of imidazole rings is 1. The maximum atomic E-state index is 12.3. The lowest BCUT2D eigenvalue weighted by atomic mass is 10.3. The second-order valence-electron chi connectivity index (χ2n) is 3.22. The van der Waals surface area contributed by atoms with Gasteiger partial charge in [0.05, 0.1) is 19.1 Å². The van der Waals surface area contributed by atoms with Crippen molar-refractivity contribution in [1.82, 2.24) is 14.5 Å². The van der Waals surface area contributed by atoms with Gasteiger partial charge in [-0.3, -0.25) is 4.79 Å². The van der Waals surface area contributed by atoms with E-state index in [1.807, 2.05) is 0 Å². The van der Waals surface area contributed by atoms with Crippen LogP contribution in [0.15, 0.2) is 12.5 Å². The zero-order chi connectivity index (χ0) is 12.1. The monoisotopic (exact) mass is 251 g/mol. The molecule has 0 saturated heterocycles. The molecule has 0 aliphatic heterocycles. The number of nitrogens with zero attached hydrogens (tertiary/aromatic N) is 3. The minimum absolute atomic E-state index is 0.0932. The molecule has 0 atom stereocenters. The molecule has 0 unspecified atom stereocenters. The topological polar surface area (TPSA) is 38.1 Å². The molecule has 0 saturated carbocycles. The largest absolute Gasteiger partial charge is 0.330 e. The standard InChI is InChI=1S/C9H12ClF2N3O/c1-14-6-13-4-7(14)9(16)15(3-2-10)5-8(11)12/h4,6,8H,2-3,5H2,1H3. The maximum Gasteiger partial charge on any atom is 0.272 e. The Hall–Kier alpha value is -1.17. The van der Waals surface area contributed by atoms with Gasteiger partial charge in [0.2, 0.25) is 0 Å². The van der Waals surface area contributed by atoms with Crippen LogP contribution in [-0.4, -0.2) is 45.8 Å². The quantitative estimate of drug-likeness (QED) is 0.742. The molecule has 90 valence electrons. The van der Waals surface area contributed by atoms with Crippen molar-refractivity contribution in [3.63, 3.8) is 0 Å². The van der Waals surface area contributed by atoms with Gasteiger partial charge in [-0.15, -0.1) is 11.6 Å². The van der Waals surface area contributed by atoms with E-state index in [0.29, 0.717) is 0 Å². The number of aryl methyl sites for hydroxylation is 1. The molecule has 0 bridgehead atoms. The first-order chi connectivity index (χ1) is 7.56. The van der Waals surface area contributed by atoms with Gasteiger partial charge in [0.25, 0.3) is 12.3 Å². The Morgan fingerprint density at radius 2 is 2.38 bits per heavy atom. The smallest absolute Gasteiger partial charge is 0.272 e. The first kappa shape index (κ1) is 12.9. The lowest BCUT2D eigenvalue weighted by Gasteiger charge is -2.20. The predicted molar refractivity (Wildman–Crippen MR) is 55.8 cm³/mol. The van der Waals surface area contributed by atoms with Crippen LogP contribution < -0.4 is 0 Å². The van der Waals surface area contributed by atoms with E-state index in [4.69, 9.17) is 11.6 Å². The molecule has 1 rings (SSSR count). The Bertz CT molecular complexity index is 356. The number of carbonyl (C=O) groups excluding carboxylic acids is 1. The van der Waals surface area contributed by atoms with E-state index >= 15 is 0 Å². The zero-order valence-corrected chi connectivity index (χ0v) is 9.49. The van der Waals surface area contributed by atoms with Gasteiger partial charge < -0.3 is 9.47 Å². The second kappa shape index (κ2) is 5.79. The van der Waals surface area contributed by atoms with E-state index in [0.717, 1.165) is 4.90 Å². The van der Waals surface area contributed by atoms with Crippen LogP contribution in [0.3, 0.4) is 0 Å². The summed E-state index contributed by atoms with van der Waals surface area (Å²) in [4.78, 5) is 16.6. The number of hydrogen-bond donors (Lipinski definition) is 0. The van der Waals surface area contributed by atoms with Crippen molar-refractivity contribution in [2.45, 2.75) is 6.43 Å². The fourth-order valence-corrected chi connectivity index (χ4v) is 1.47. The summed E-state index contributed by atoms with van der Waals surface area (Å²) in [7, 11) is 1.63. The fourth-order valence-electron chi connectivity index (χ4n) is 1.27. The minimum Gasteiger partial charge on any atom is -0.330 e. The van der Waals surface area contributed by atoms with Gasteiger partial charge in [-0.05, 0) is 0 Å². The average Bonchev–Trinajstić information content (AvgIpc) is 2.62. The summed E-state index contributed by atoms with van der Waals surface area (Å²) >= 11 is 5.46. The van der Waals surface area contributed by atoms with Gasteiger partial charge in [0.1, 0.15) is 5.69 Å². The molecule has 16 heavy (non-hydrogen) atoms. The number of alkyl halides is 3. The van der Waals surface area contributed by atoms with E-state index in [2.05, 4.69) is 4.98 Å². The van der Waals surface area contributed by atoms with Crippen LogP contribution in [0.25, 0.3) is 0 Å². The molecule has 0 spiro atoms. The molecule has 0 aliphatic rings. The zero-order valence-electron chi connectivity index (χ0n) is 8.74. The van der Waals surface area contributed by atoms with Crippen LogP contribution in [0.5, 0.6) is 0 Å². The molecular weight excluding hydrogens is 240 g/mol. The average molecular weight is 252 g/mol.